The molecule has 1 N–H and O–H groups in total. The lowest BCUT2D eigenvalue weighted by Gasteiger charge is -2.11. The Balaban J connectivity index is 2.77. The first-order chi connectivity index (χ1) is 11.6. The number of alkyl halides is 5. The van der Waals surface area contributed by atoms with Crippen molar-refractivity contribution in [3.63, 3.8) is 0 Å². The Morgan fingerprint density at radius 1 is 1.24 bits per heavy atom. The van der Waals surface area contributed by atoms with E-state index in [1.807, 2.05) is 0 Å². The van der Waals surface area contributed by atoms with Crippen molar-refractivity contribution >= 4 is 40.8 Å². The van der Waals surface area contributed by atoms with Gasteiger partial charge in [-0.2, -0.15) is 13.2 Å². The minimum absolute atomic E-state index is 0.0698. The average molecular weight is 419 g/mol. The number of rotatable bonds is 4. The zero-order valence-electron chi connectivity index (χ0n) is 12.5. The first-order valence-electron chi connectivity index (χ1n) is 6.70. The third-order valence-electron chi connectivity index (χ3n) is 3.28. The molecule has 1 aromatic heterocycles. The molecular weight excluding hydrogens is 409 g/mol. The fourth-order valence-electron chi connectivity index (χ4n) is 2.35. The van der Waals surface area contributed by atoms with E-state index in [4.69, 9.17) is 39.5 Å². The molecule has 3 nitrogen and oxygen atoms in total. The van der Waals surface area contributed by atoms with Crippen LogP contribution in [0, 0.1) is 5.82 Å². The summed E-state index contributed by atoms with van der Waals surface area (Å²) in [5.41, 5.74) is -1.95. The van der Waals surface area contributed by atoms with Crippen LogP contribution >= 0.6 is 34.8 Å². The van der Waals surface area contributed by atoms with Gasteiger partial charge in [0.25, 0.3) is 0 Å². The van der Waals surface area contributed by atoms with Gasteiger partial charge in [-0.3, -0.25) is 4.79 Å². The largest absolute Gasteiger partial charge is 0.431 e. The second-order valence-electron chi connectivity index (χ2n) is 4.95. The Morgan fingerprint density at radius 3 is 2.36 bits per heavy atom. The summed E-state index contributed by atoms with van der Waals surface area (Å²) >= 11 is 17.2. The van der Waals surface area contributed by atoms with E-state index in [9.17, 15) is 22.4 Å². The molecule has 0 bridgehead atoms. The molecule has 0 spiro atoms. The average Bonchev–Trinajstić information content (AvgIpc) is 2.88. The molecule has 0 aliphatic rings. The fraction of sp³-hybridized carbons (Fsp3) is 0.267. The normalized spacial score (nSPS) is 11.7. The highest BCUT2D eigenvalue weighted by atomic mass is 35.5. The van der Waals surface area contributed by atoms with Crippen LogP contribution in [0.1, 0.15) is 23.9 Å². The predicted octanol–water partition coefficient (Wildman–Crippen LogP) is 5.90. The Labute approximate surface area is 154 Å². The van der Waals surface area contributed by atoms with E-state index in [0.29, 0.717) is 0 Å². The molecule has 0 atom stereocenters. The van der Waals surface area contributed by atoms with Gasteiger partial charge in [0, 0.05) is 29.3 Å². The molecule has 25 heavy (non-hydrogen) atoms. The monoisotopic (exact) mass is 417 g/mol. The second-order valence-corrected chi connectivity index (χ2v) is 5.89. The van der Waals surface area contributed by atoms with Crippen molar-refractivity contribution in [3.05, 3.63) is 39.9 Å². The van der Waals surface area contributed by atoms with Gasteiger partial charge in [-0.15, -0.1) is 23.2 Å². The Kier molecular flexibility index (Phi) is 5.91. The van der Waals surface area contributed by atoms with Gasteiger partial charge in [-0.1, -0.05) is 11.6 Å². The van der Waals surface area contributed by atoms with Crippen LogP contribution < -0.4 is 4.74 Å². The standard InChI is InChI=1S/C15H10Cl3F4NO2/c1-6(24)25-12-2-7(10(19)3-9(12)18)13-8(4-16)14(15(20,21)22)23-11(13)5-17/h2-3,23H,4-5H2,1H3. The number of hydrogen-bond acceptors (Lipinski definition) is 2. The fourth-order valence-corrected chi connectivity index (χ4v) is 3.01. The summed E-state index contributed by atoms with van der Waals surface area (Å²) in [4.78, 5) is 13.3. The summed E-state index contributed by atoms with van der Waals surface area (Å²) in [5, 5.41) is -0.206. The van der Waals surface area contributed by atoms with Crippen LogP contribution in [0.5, 0.6) is 5.75 Å². The smallest absolute Gasteiger partial charge is 0.425 e. The highest BCUT2D eigenvalue weighted by Gasteiger charge is 2.38. The minimum Gasteiger partial charge on any atom is -0.425 e. The SMILES string of the molecule is CC(=O)Oc1cc(-c2c(CCl)[nH]c(C(F)(F)F)c2CCl)c(F)cc1Cl. The van der Waals surface area contributed by atoms with Gasteiger partial charge in [0.15, 0.2) is 0 Å². The first kappa shape index (κ1) is 19.9. The van der Waals surface area contributed by atoms with Crippen molar-refractivity contribution < 1.29 is 27.1 Å². The van der Waals surface area contributed by atoms with Gasteiger partial charge < -0.3 is 9.72 Å². The van der Waals surface area contributed by atoms with Gasteiger partial charge in [0.1, 0.15) is 17.3 Å². The summed E-state index contributed by atoms with van der Waals surface area (Å²) in [6.45, 7) is 1.10. The van der Waals surface area contributed by atoms with E-state index in [0.717, 1.165) is 19.1 Å². The molecule has 0 radical (unpaired) electrons. The van der Waals surface area contributed by atoms with E-state index in [-0.39, 0.29) is 39.0 Å². The molecule has 0 aliphatic heterocycles. The summed E-state index contributed by atoms with van der Waals surface area (Å²) in [7, 11) is 0. The molecule has 136 valence electrons. The summed E-state index contributed by atoms with van der Waals surface area (Å²) in [6.07, 6.45) is -4.73. The van der Waals surface area contributed by atoms with E-state index < -0.39 is 29.5 Å². The number of carbonyl (C=O) groups excluding carboxylic acids is 1. The summed E-state index contributed by atoms with van der Waals surface area (Å²) < 4.78 is 58.8. The molecule has 0 unspecified atom stereocenters. The van der Waals surface area contributed by atoms with Crippen molar-refractivity contribution in [1.29, 1.82) is 0 Å². The van der Waals surface area contributed by atoms with Crippen molar-refractivity contribution in [3.8, 4) is 16.9 Å². The zero-order valence-corrected chi connectivity index (χ0v) is 14.8. The van der Waals surface area contributed by atoms with E-state index >= 15 is 0 Å². The maximum Gasteiger partial charge on any atom is 0.431 e. The third kappa shape index (κ3) is 4.04. The molecule has 0 saturated heterocycles. The van der Waals surface area contributed by atoms with Crippen molar-refractivity contribution in [2.24, 2.45) is 0 Å². The molecule has 0 aliphatic carbocycles. The summed E-state index contributed by atoms with van der Waals surface area (Å²) in [5.74, 6) is -2.71. The highest BCUT2D eigenvalue weighted by molar-refractivity contribution is 6.32. The van der Waals surface area contributed by atoms with E-state index in [2.05, 4.69) is 4.98 Å². The van der Waals surface area contributed by atoms with Crippen LogP contribution in [-0.2, 0) is 22.7 Å². The van der Waals surface area contributed by atoms with E-state index in [1.54, 1.807) is 0 Å². The molecule has 1 aromatic carbocycles. The number of esters is 1. The van der Waals surface area contributed by atoms with Crippen LogP contribution in [-0.4, -0.2) is 11.0 Å². The molecule has 0 fully saturated rings. The molecule has 0 amide bonds. The minimum atomic E-state index is -4.73. The van der Waals surface area contributed by atoms with Crippen LogP contribution in [0.25, 0.3) is 11.1 Å². The lowest BCUT2D eigenvalue weighted by atomic mass is 10.00. The molecule has 2 rings (SSSR count). The maximum atomic E-state index is 14.4. The number of halogens is 7. The number of benzene rings is 1. The van der Waals surface area contributed by atoms with Gasteiger partial charge in [0.2, 0.25) is 0 Å². The molecular formula is C15H10Cl3F4NO2. The van der Waals surface area contributed by atoms with Crippen molar-refractivity contribution in [2.45, 2.75) is 24.9 Å². The number of carbonyl (C=O) groups is 1. The van der Waals surface area contributed by atoms with Crippen molar-refractivity contribution in [1.82, 2.24) is 4.98 Å². The Bertz CT molecular complexity index is 818. The van der Waals surface area contributed by atoms with Crippen LogP contribution in [0.15, 0.2) is 12.1 Å². The molecule has 0 saturated carbocycles. The number of H-pyrrole nitrogens is 1. The quantitative estimate of drug-likeness (QED) is 0.291. The number of aromatic amines is 1. The number of nitrogens with one attached hydrogen (secondary N) is 1. The molecule has 10 heteroatoms. The van der Waals surface area contributed by atoms with Crippen LogP contribution in [0.3, 0.4) is 0 Å². The van der Waals surface area contributed by atoms with Gasteiger partial charge >= 0.3 is 12.1 Å². The maximum absolute atomic E-state index is 14.4. The Hall–Kier alpha value is -1.44. The van der Waals surface area contributed by atoms with Crippen LogP contribution in [0.4, 0.5) is 17.6 Å². The highest BCUT2D eigenvalue weighted by Crippen LogP contribution is 2.43. The Morgan fingerprint density at radius 2 is 1.88 bits per heavy atom. The second kappa shape index (κ2) is 7.43. The summed E-state index contributed by atoms with van der Waals surface area (Å²) in [6, 6.07) is 1.87. The third-order valence-corrected chi connectivity index (χ3v) is 4.11. The lowest BCUT2D eigenvalue weighted by molar-refractivity contribution is -0.141. The van der Waals surface area contributed by atoms with Gasteiger partial charge in [0.05, 0.1) is 16.8 Å². The van der Waals surface area contributed by atoms with E-state index in [1.165, 1.54) is 0 Å². The number of hydrogen-bond donors (Lipinski definition) is 1. The van der Waals surface area contributed by atoms with Crippen LogP contribution in [0.2, 0.25) is 5.02 Å². The number of aromatic nitrogens is 1. The topological polar surface area (TPSA) is 42.1 Å². The molecule has 1 heterocycles. The first-order valence-corrected chi connectivity index (χ1v) is 8.15. The van der Waals surface area contributed by atoms with Gasteiger partial charge in [-0.25, -0.2) is 4.39 Å². The zero-order chi connectivity index (χ0) is 18.9. The number of ether oxygens (including phenoxy) is 1. The molecule has 2 aromatic rings. The predicted molar refractivity (Wildman–Crippen MR) is 86.6 cm³/mol. The van der Waals surface area contributed by atoms with Gasteiger partial charge in [-0.05, 0) is 12.1 Å². The lowest BCUT2D eigenvalue weighted by Crippen LogP contribution is -2.08. The van der Waals surface area contributed by atoms with Crippen molar-refractivity contribution in [2.75, 3.05) is 0 Å².